The Labute approximate surface area is 179 Å². The molecule has 0 spiro atoms. The van der Waals surface area contributed by atoms with Crippen LogP contribution < -0.4 is 10.2 Å². The lowest BCUT2D eigenvalue weighted by molar-refractivity contribution is -0.384. The largest absolute Gasteiger partial charge is 0.444 e. The van der Waals surface area contributed by atoms with Crippen molar-refractivity contribution in [1.82, 2.24) is 19.9 Å². The molecule has 5 heterocycles. The molecule has 3 fully saturated rings. The fraction of sp³-hybridized carbons (Fsp3) is 0.500. The van der Waals surface area contributed by atoms with Crippen LogP contribution in [-0.2, 0) is 4.74 Å². The van der Waals surface area contributed by atoms with E-state index in [0.29, 0.717) is 24.7 Å². The average molecular weight is 427 g/mol. The Morgan fingerprint density at radius 3 is 2.61 bits per heavy atom. The molecule has 11 nitrogen and oxygen atoms in total. The van der Waals surface area contributed by atoms with Crippen LogP contribution in [0.25, 0.3) is 0 Å². The van der Waals surface area contributed by atoms with Gasteiger partial charge in [0.1, 0.15) is 23.6 Å². The number of hydrogen-bond acceptors (Lipinski definition) is 9. The van der Waals surface area contributed by atoms with Gasteiger partial charge in [-0.15, -0.1) is 0 Å². The van der Waals surface area contributed by atoms with Crippen molar-refractivity contribution in [2.75, 3.05) is 23.3 Å². The van der Waals surface area contributed by atoms with E-state index >= 15 is 0 Å². The highest BCUT2D eigenvalue weighted by Crippen LogP contribution is 2.35. The van der Waals surface area contributed by atoms with Crippen LogP contribution in [0.15, 0.2) is 30.7 Å². The summed E-state index contributed by atoms with van der Waals surface area (Å²) < 4.78 is 5.55. The smallest absolute Gasteiger partial charge is 0.410 e. The number of fused-ring (bicyclic) bond motifs is 3. The molecule has 2 aromatic rings. The Morgan fingerprint density at radius 1 is 1.23 bits per heavy atom. The first kappa shape index (κ1) is 20.8. The minimum absolute atomic E-state index is 0.00937. The number of anilines is 3. The molecule has 11 heteroatoms. The number of ether oxygens (including phenoxy) is 1. The second-order valence-corrected chi connectivity index (χ2v) is 8.68. The van der Waals surface area contributed by atoms with Crippen LogP contribution in [0.1, 0.15) is 33.6 Å². The lowest BCUT2D eigenvalue weighted by Crippen LogP contribution is -2.64. The van der Waals surface area contributed by atoms with Crippen molar-refractivity contribution in [3.63, 3.8) is 0 Å². The fourth-order valence-corrected chi connectivity index (χ4v) is 3.98. The van der Waals surface area contributed by atoms with Gasteiger partial charge < -0.3 is 19.9 Å². The zero-order valence-corrected chi connectivity index (χ0v) is 17.7. The molecule has 3 aliphatic rings. The minimum Gasteiger partial charge on any atom is -0.444 e. The van der Waals surface area contributed by atoms with Gasteiger partial charge in [-0.05, 0) is 45.7 Å². The van der Waals surface area contributed by atoms with Crippen molar-refractivity contribution >= 4 is 29.2 Å². The first-order valence-electron chi connectivity index (χ1n) is 10.2. The topological polar surface area (TPSA) is 127 Å². The van der Waals surface area contributed by atoms with Crippen LogP contribution in [0, 0.1) is 10.1 Å². The van der Waals surface area contributed by atoms with Gasteiger partial charge in [-0.1, -0.05) is 0 Å². The Hall–Kier alpha value is -3.50. The van der Waals surface area contributed by atoms with Crippen molar-refractivity contribution in [3.8, 4) is 0 Å². The SMILES string of the molecule is CC(C)(C)OC(=O)N1CC2CC[C@@H]1CN2c1ccc([N+](=O)[O-])c(Nc2ccncn2)n1. The van der Waals surface area contributed by atoms with Crippen LogP contribution >= 0.6 is 0 Å². The minimum atomic E-state index is -0.547. The molecule has 2 atom stereocenters. The monoisotopic (exact) mass is 427 g/mol. The summed E-state index contributed by atoms with van der Waals surface area (Å²) in [5, 5.41) is 14.4. The van der Waals surface area contributed by atoms with E-state index < -0.39 is 10.5 Å². The molecule has 2 aromatic heterocycles. The van der Waals surface area contributed by atoms with Crippen molar-refractivity contribution in [1.29, 1.82) is 0 Å². The Morgan fingerprint density at radius 2 is 2.00 bits per heavy atom. The molecule has 2 bridgehead atoms. The molecular weight excluding hydrogens is 402 g/mol. The van der Waals surface area contributed by atoms with Crippen LogP contribution in [0.4, 0.5) is 27.9 Å². The van der Waals surface area contributed by atoms with Crippen LogP contribution in [0.3, 0.4) is 0 Å². The number of piperidine rings is 2. The number of piperazine rings is 1. The van der Waals surface area contributed by atoms with Gasteiger partial charge in [-0.2, -0.15) is 0 Å². The number of carbonyl (C=O) groups is 1. The summed E-state index contributed by atoms with van der Waals surface area (Å²) in [6, 6.07) is 4.79. The molecule has 5 rings (SSSR count). The molecule has 31 heavy (non-hydrogen) atoms. The van der Waals surface area contributed by atoms with E-state index in [4.69, 9.17) is 4.74 Å². The third-order valence-electron chi connectivity index (χ3n) is 5.34. The van der Waals surface area contributed by atoms with Gasteiger partial charge in [-0.25, -0.2) is 19.7 Å². The van der Waals surface area contributed by atoms with Gasteiger partial charge in [0, 0.05) is 31.4 Å². The molecule has 0 radical (unpaired) electrons. The van der Waals surface area contributed by atoms with Gasteiger partial charge in [0.15, 0.2) is 0 Å². The third kappa shape index (κ3) is 4.49. The van der Waals surface area contributed by atoms with Gasteiger partial charge in [-0.3, -0.25) is 10.1 Å². The number of pyridine rings is 1. The molecule has 1 unspecified atom stereocenters. The number of nitrogens with zero attached hydrogens (tertiary/aromatic N) is 6. The third-order valence-corrected chi connectivity index (χ3v) is 5.34. The summed E-state index contributed by atoms with van der Waals surface area (Å²) in [4.78, 5) is 39.9. The van der Waals surface area contributed by atoms with E-state index in [1.54, 1.807) is 23.2 Å². The summed E-state index contributed by atoms with van der Waals surface area (Å²) in [6.45, 7) is 6.69. The van der Waals surface area contributed by atoms with Gasteiger partial charge >= 0.3 is 11.8 Å². The van der Waals surface area contributed by atoms with Crippen molar-refractivity contribution < 1.29 is 14.5 Å². The first-order chi connectivity index (χ1) is 14.7. The molecule has 0 aromatic carbocycles. The highest BCUT2D eigenvalue weighted by atomic mass is 16.6. The maximum Gasteiger partial charge on any atom is 0.410 e. The van der Waals surface area contributed by atoms with Gasteiger partial charge in [0.05, 0.1) is 11.0 Å². The number of rotatable bonds is 4. The zero-order chi connectivity index (χ0) is 22.2. The van der Waals surface area contributed by atoms with Gasteiger partial charge in [0.25, 0.3) is 0 Å². The molecule has 0 saturated carbocycles. The van der Waals surface area contributed by atoms with Crippen LogP contribution in [0.2, 0.25) is 0 Å². The summed E-state index contributed by atoms with van der Waals surface area (Å²) >= 11 is 0. The Balaban J connectivity index is 1.56. The van der Waals surface area contributed by atoms with E-state index in [9.17, 15) is 14.9 Å². The van der Waals surface area contributed by atoms with E-state index in [1.807, 2.05) is 20.8 Å². The Bertz CT molecular complexity index is 979. The lowest BCUT2D eigenvalue weighted by atomic mass is 9.91. The fourth-order valence-electron chi connectivity index (χ4n) is 3.98. The maximum atomic E-state index is 12.6. The highest BCUT2D eigenvalue weighted by molar-refractivity contribution is 5.70. The van der Waals surface area contributed by atoms with Crippen molar-refractivity contribution in [3.05, 3.63) is 40.8 Å². The summed E-state index contributed by atoms with van der Waals surface area (Å²) in [5.74, 6) is 1.16. The quantitative estimate of drug-likeness (QED) is 0.578. The normalized spacial score (nSPS) is 20.5. The van der Waals surface area contributed by atoms with Crippen molar-refractivity contribution in [2.45, 2.75) is 51.3 Å². The standard InChI is InChI=1S/C20H25N7O4/c1-20(2,3)31-19(28)26-11-13-4-5-14(26)10-25(13)17-7-6-15(27(29)30)18(24-17)23-16-8-9-21-12-22-16/h6-9,12-14H,4-5,10-11H2,1-3H3,(H,21,22,23,24)/t13?,14-/m1/s1. The second-order valence-electron chi connectivity index (χ2n) is 8.68. The maximum absolute atomic E-state index is 12.6. The molecule has 3 aliphatic heterocycles. The Kier molecular flexibility index (Phi) is 5.34. The number of carbonyl (C=O) groups excluding carboxylic acids is 1. The molecular formula is C20H25N7O4. The van der Waals surface area contributed by atoms with E-state index in [-0.39, 0.29) is 29.7 Å². The average Bonchev–Trinajstić information content (AvgIpc) is 2.73. The number of nitrogens with one attached hydrogen (secondary N) is 1. The predicted octanol–water partition coefficient (Wildman–Crippen LogP) is 3.11. The van der Waals surface area contributed by atoms with Gasteiger partial charge in [0.2, 0.25) is 5.82 Å². The number of amides is 1. The first-order valence-corrected chi connectivity index (χ1v) is 10.2. The van der Waals surface area contributed by atoms with E-state index in [2.05, 4.69) is 25.2 Å². The second kappa shape index (κ2) is 7.97. The van der Waals surface area contributed by atoms with E-state index in [1.165, 1.54) is 12.4 Å². The number of hydrogen-bond donors (Lipinski definition) is 1. The van der Waals surface area contributed by atoms with Crippen molar-refractivity contribution in [2.24, 2.45) is 0 Å². The lowest BCUT2D eigenvalue weighted by Gasteiger charge is -2.51. The van der Waals surface area contributed by atoms with Crippen LogP contribution in [0.5, 0.6) is 0 Å². The molecule has 3 saturated heterocycles. The molecule has 1 amide bonds. The van der Waals surface area contributed by atoms with Crippen LogP contribution in [-0.4, -0.2) is 61.6 Å². The zero-order valence-electron chi connectivity index (χ0n) is 17.7. The van der Waals surface area contributed by atoms with E-state index in [0.717, 1.165) is 12.8 Å². The summed E-state index contributed by atoms with van der Waals surface area (Å²) in [6.07, 6.45) is 4.40. The summed E-state index contributed by atoms with van der Waals surface area (Å²) in [7, 11) is 0. The number of nitro groups is 1. The summed E-state index contributed by atoms with van der Waals surface area (Å²) in [5.41, 5.74) is -0.686. The molecule has 164 valence electrons. The molecule has 1 N–H and O–H groups in total. The molecule has 0 aliphatic carbocycles. The highest BCUT2D eigenvalue weighted by Gasteiger charge is 2.43. The number of aromatic nitrogens is 3. The predicted molar refractivity (Wildman–Crippen MR) is 113 cm³/mol.